The number of anilines is 1. The van der Waals surface area contributed by atoms with Gasteiger partial charge in [-0.2, -0.15) is 0 Å². The number of benzene rings is 1. The van der Waals surface area contributed by atoms with Gasteiger partial charge in [-0.3, -0.25) is 4.90 Å². The van der Waals surface area contributed by atoms with Crippen molar-refractivity contribution in [2.24, 2.45) is 5.92 Å². The minimum Gasteiger partial charge on any atom is -0.398 e. The number of hydrogen-bond acceptors (Lipinski definition) is 3. The van der Waals surface area contributed by atoms with E-state index in [9.17, 15) is 5.11 Å². The number of halogens is 1. The predicted octanol–water partition coefficient (Wildman–Crippen LogP) is 2.13. The molecule has 1 unspecified atom stereocenters. The maximum Gasteiger partial charge on any atom is 0.0471 e. The van der Waals surface area contributed by atoms with Crippen LogP contribution < -0.4 is 5.73 Å². The fourth-order valence-corrected chi connectivity index (χ4v) is 2.58. The van der Waals surface area contributed by atoms with E-state index < -0.39 is 0 Å². The van der Waals surface area contributed by atoms with Crippen molar-refractivity contribution in [3.05, 3.63) is 28.8 Å². The van der Waals surface area contributed by atoms with E-state index in [2.05, 4.69) is 4.90 Å². The molecule has 0 amide bonds. The summed E-state index contributed by atoms with van der Waals surface area (Å²) in [6.07, 6.45) is 2.28. The van der Waals surface area contributed by atoms with E-state index >= 15 is 0 Å². The zero-order chi connectivity index (χ0) is 12.3. The highest BCUT2D eigenvalue weighted by atomic mass is 35.5. The average Bonchev–Trinajstić information content (AvgIpc) is 2.33. The molecule has 1 aromatic carbocycles. The third-order valence-electron chi connectivity index (χ3n) is 3.36. The number of nitrogens with two attached hydrogens (primary N) is 1. The van der Waals surface area contributed by atoms with E-state index in [1.54, 1.807) is 6.07 Å². The topological polar surface area (TPSA) is 49.5 Å². The molecule has 0 bridgehead atoms. The molecule has 3 nitrogen and oxygen atoms in total. The van der Waals surface area contributed by atoms with Gasteiger partial charge in [0.1, 0.15) is 0 Å². The monoisotopic (exact) mass is 254 g/mol. The summed E-state index contributed by atoms with van der Waals surface area (Å²) >= 11 is 5.88. The summed E-state index contributed by atoms with van der Waals surface area (Å²) in [5, 5.41) is 9.88. The first kappa shape index (κ1) is 12.7. The second-order valence-electron chi connectivity index (χ2n) is 4.77. The first-order chi connectivity index (χ1) is 8.19. The van der Waals surface area contributed by atoms with Gasteiger partial charge >= 0.3 is 0 Å². The predicted molar refractivity (Wildman–Crippen MR) is 71.0 cm³/mol. The summed E-state index contributed by atoms with van der Waals surface area (Å²) in [4.78, 5) is 2.35. The molecule has 1 aliphatic heterocycles. The zero-order valence-electron chi connectivity index (χ0n) is 9.90. The second-order valence-corrected chi connectivity index (χ2v) is 5.21. The highest BCUT2D eigenvalue weighted by molar-refractivity contribution is 6.30. The maximum absolute atomic E-state index is 9.20. The average molecular weight is 255 g/mol. The molecule has 0 aromatic heterocycles. The third kappa shape index (κ3) is 3.35. The van der Waals surface area contributed by atoms with Crippen LogP contribution in [-0.2, 0) is 6.54 Å². The van der Waals surface area contributed by atoms with Crippen LogP contribution in [0, 0.1) is 5.92 Å². The summed E-state index contributed by atoms with van der Waals surface area (Å²) in [5.74, 6) is 0.414. The van der Waals surface area contributed by atoms with Crippen LogP contribution in [0.25, 0.3) is 0 Å². The SMILES string of the molecule is Nc1cc(Cl)ccc1CN1CCCC(CO)C1. The van der Waals surface area contributed by atoms with Crippen molar-refractivity contribution in [1.29, 1.82) is 0 Å². The van der Waals surface area contributed by atoms with Crippen LogP contribution in [0.3, 0.4) is 0 Å². The summed E-state index contributed by atoms with van der Waals surface area (Å²) in [5.41, 5.74) is 7.82. The standard InChI is InChI=1S/C13H19ClN2O/c14-12-4-3-11(13(15)6-12)8-16-5-1-2-10(7-16)9-17/h3-4,6,10,17H,1-2,5,7-9,15H2. The number of nitrogens with zero attached hydrogens (tertiary/aromatic N) is 1. The Morgan fingerprint density at radius 2 is 2.29 bits per heavy atom. The first-order valence-corrected chi connectivity index (χ1v) is 6.44. The number of nitrogen functional groups attached to an aromatic ring is 1. The van der Waals surface area contributed by atoms with Gasteiger partial charge in [0.25, 0.3) is 0 Å². The highest BCUT2D eigenvalue weighted by Gasteiger charge is 2.19. The smallest absolute Gasteiger partial charge is 0.0471 e. The van der Waals surface area contributed by atoms with E-state index in [1.807, 2.05) is 12.1 Å². The molecule has 2 rings (SSSR count). The van der Waals surface area contributed by atoms with Crippen LogP contribution in [0.5, 0.6) is 0 Å². The summed E-state index contributed by atoms with van der Waals surface area (Å²) in [7, 11) is 0. The molecular formula is C13H19ClN2O. The van der Waals surface area contributed by atoms with Gasteiger partial charge in [-0.15, -0.1) is 0 Å². The Balaban J connectivity index is 2.00. The normalized spacial score (nSPS) is 21.6. The van der Waals surface area contributed by atoms with Gasteiger partial charge in [0.05, 0.1) is 0 Å². The van der Waals surface area contributed by atoms with Gasteiger partial charge in [0, 0.05) is 30.4 Å². The van der Waals surface area contributed by atoms with E-state index in [4.69, 9.17) is 17.3 Å². The lowest BCUT2D eigenvalue weighted by atomic mass is 9.98. The van der Waals surface area contributed by atoms with E-state index in [1.165, 1.54) is 0 Å². The fourth-order valence-electron chi connectivity index (χ4n) is 2.39. The molecule has 1 fully saturated rings. The van der Waals surface area contributed by atoms with Crippen LogP contribution in [0.15, 0.2) is 18.2 Å². The Kier molecular flexibility index (Phi) is 4.26. The third-order valence-corrected chi connectivity index (χ3v) is 3.60. The first-order valence-electron chi connectivity index (χ1n) is 6.06. The van der Waals surface area contributed by atoms with Gasteiger partial charge < -0.3 is 10.8 Å². The van der Waals surface area contributed by atoms with Crippen molar-refractivity contribution < 1.29 is 5.11 Å². The van der Waals surface area contributed by atoms with Gasteiger partial charge in [-0.25, -0.2) is 0 Å². The molecule has 1 aromatic rings. The minimum absolute atomic E-state index is 0.284. The quantitative estimate of drug-likeness (QED) is 0.813. The van der Waals surface area contributed by atoms with Crippen molar-refractivity contribution in [2.45, 2.75) is 19.4 Å². The van der Waals surface area contributed by atoms with Crippen molar-refractivity contribution >= 4 is 17.3 Å². The summed E-state index contributed by atoms with van der Waals surface area (Å²) < 4.78 is 0. The molecule has 1 aliphatic rings. The van der Waals surface area contributed by atoms with E-state index in [0.29, 0.717) is 10.9 Å². The summed E-state index contributed by atoms with van der Waals surface area (Å²) in [6.45, 7) is 3.17. The summed E-state index contributed by atoms with van der Waals surface area (Å²) in [6, 6.07) is 5.66. The molecule has 4 heteroatoms. The molecule has 94 valence electrons. The van der Waals surface area contributed by atoms with Gasteiger partial charge in [-0.05, 0) is 43.0 Å². The Bertz CT molecular complexity index is 384. The molecule has 0 aliphatic carbocycles. The van der Waals surface area contributed by atoms with Crippen LogP contribution in [-0.4, -0.2) is 29.7 Å². The number of hydrogen-bond donors (Lipinski definition) is 2. The molecule has 0 radical (unpaired) electrons. The molecule has 0 saturated carbocycles. The Morgan fingerprint density at radius 1 is 1.47 bits per heavy atom. The Labute approximate surface area is 107 Å². The van der Waals surface area contributed by atoms with Crippen LogP contribution in [0.4, 0.5) is 5.69 Å². The Morgan fingerprint density at radius 3 is 3.00 bits per heavy atom. The molecular weight excluding hydrogens is 236 g/mol. The Hall–Kier alpha value is -0.770. The molecule has 1 atom stereocenters. The molecule has 17 heavy (non-hydrogen) atoms. The largest absolute Gasteiger partial charge is 0.398 e. The molecule has 1 heterocycles. The van der Waals surface area contributed by atoms with Gasteiger partial charge in [-0.1, -0.05) is 17.7 Å². The number of rotatable bonds is 3. The van der Waals surface area contributed by atoms with Crippen molar-refractivity contribution in [3.8, 4) is 0 Å². The second kappa shape index (κ2) is 5.71. The lowest BCUT2D eigenvalue weighted by molar-refractivity contribution is 0.116. The number of aliphatic hydroxyl groups is 1. The van der Waals surface area contributed by atoms with Crippen molar-refractivity contribution in [1.82, 2.24) is 4.90 Å². The molecule has 1 saturated heterocycles. The maximum atomic E-state index is 9.20. The fraction of sp³-hybridized carbons (Fsp3) is 0.538. The van der Waals surface area contributed by atoms with Gasteiger partial charge in [0.2, 0.25) is 0 Å². The van der Waals surface area contributed by atoms with Gasteiger partial charge in [0.15, 0.2) is 0 Å². The van der Waals surface area contributed by atoms with Crippen LogP contribution in [0.2, 0.25) is 5.02 Å². The minimum atomic E-state index is 0.284. The number of piperidine rings is 1. The lowest BCUT2D eigenvalue weighted by Gasteiger charge is -2.32. The molecule has 3 N–H and O–H groups in total. The van der Waals surface area contributed by atoms with E-state index in [-0.39, 0.29) is 6.61 Å². The lowest BCUT2D eigenvalue weighted by Crippen LogP contribution is -2.36. The van der Waals surface area contributed by atoms with Crippen LogP contribution in [0.1, 0.15) is 18.4 Å². The van der Waals surface area contributed by atoms with Crippen molar-refractivity contribution in [2.75, 3.05) is 25.4 Å². The highest BCUT2D eigenvalue weighted by Crippen LogP contribution is 2.22. The number of likely N-dealkylation sites (tertiary alicyclic amines) is 1. The van der Waals surface area contributed by atoms with Crippen molar-refractivity contribution in [3.63, 3.8) is 0 Å². The van der Waals surface area contributed by atoms with Crippen LogP contribution >= 0.6 is 11.6 Å². The zero-order valence-corrected chi connectivity index (χ0v) is 10.7. The van der Waals surface area contributed by atoms with E-state index in [0.717, 1.165) is 43.7 Å². The number of aliphatic hydroxyl groups excluding tert-OH is 1. The molecule has 0 spiro atoms.